The molecule has 0 spiro atoms. The fourth-order valence-electron chi connectivity index (χ4n) is 3.36. The van der Waals surface area contributed by atoms with Crippen molar-refractivity contribution in [3.63, 3.8) is 0 Å². The molecular weight excluding hydrogens is 489 g/mol. The van der Waals surface area contributed by atoms with Crippen molar-refractivity contribution < 1.29 is 28.2 Å². The lowest BCUT2D eigenvalue weighted by atomic mass is 10.2. The van der Waals surface area contributed by atoms with Crippen LogP contribution in [0.2, 0.25) is 0 Å². The van der Waals surface area contributed by atoms with Crippen LogP contribution in [0.15, 0.2) is 52.6 Å². The summed E-state index contributed by atoms with van der Waals surface area (Å²) in [6.45, 7) is 2.22. The number of methoxy groups -OCH3 is 1. The Kier molecular flexibility index (Phi) is 7.59. The number of carbonyl (C=O) groups is 2. The molecule has 0 aliphatic heterocycles. The zero-order valence-corrected chi connectivity index (χ0v) is 20.2. The fraction of sp³-hybridized carbons (Fsp3) is 0.200. The Bertz CT molecular complexity index is 1470. The van der Waals surface area contributed by atoms with Gasteiger partial charge in [0.2, 0.25) is 5.82 Å². The van der Waals surface area contributed by atoms with Crippen LogP contribution in [0.5, 0.6) is 11.5 Å². The van der Waals surface area contributed by atoms with E-state index in [-0.39, 0.29) is 31.3 Å². The average Bonchev–Trinajstić information content (AvgIpc) is 3.30. The van der Waals surface area contributed by atoms with E-state index in [4.69, 9.17) is 14.2 Å². The molecule has 0 atom stereocenters. The highest BCUT2D eigenvalue weighted by molar-refractivity contribution is 7.16. The molecule has 0 bridgehead atoms. The molecule has 0 saturated heterocycles. The minimum Gasteiger partial charge on any atom is -0.494 e. The van der Waals surface area contributed by atoms with Crippen LogP contribution in [-0.4, -0.2) is 35.6 Å². The molecule has 186 valence electrons. The molecule has 9 nitrogen and oxygen atoms in total. The Labute approximate surface area is 208 Å². The highest BCUT2D eigenvalue weighted by Crippen LogP contribution is 2.23. The van der Waals surface area contributed by atoms with Gasteiger partial charge in [-0.1, -0.05) is 6.07 Å². The van der Waals surface area contributed by atoms with Crippen molar-refractivity contribution in [2.45, 2.75) is 20.1 Å². The first-order chi connectivity index (χ1) is 17.4. The minimum atomic E-state index is -0.579. The number of thiophene rings is 1. The van der Waals surface area contributed by atoms with Gasteiger partial charge in [-0.15, -0.1) is 11.3 Å². The lowest BCUT2D eigenvalue weighted by Crippen LogP contribution is -2.27. The van der Waals surface area contributed by atoms with Crippen LogP contribution in [0.4, 0.5) is 4.39 Å². The van der Waals surface area contributed by atoms with Crippen LogP contribution in [0.25, 0.3) is 10.2 Å². The van der Waals surface area contributed by atoms with Crippen LogP contribution in [0, 0.1) is 5.82 Å². The number of fused-ring (bicyclic) bond motifs is 1. The molecule has 1 amide bonds. The first-order valence-electron chi connectivity index (χ1n) is 10.9. The molecule has 2 N–H and O–H groups in total. The summed E-state index contributed by atoms with van der Waals surface area (Å²) in [6, 6.07) is 10.7. The van der Waals surface area contributed by atoms with E-state index < -0.39 is 23.3 Å². The number of H-pyrrole nitrogens is 1. The minimum absolute atomic E-state index is 0.0676. The quantitative estimate of drug-likeness (QED) is 0.328. The molecule has 0 fully saturated rings. The van der Waals surface area contributed by atoms with Gasteiger partial charge >= 0.3 is 5.97 Å². The molecular formula is C25H22FN3O6S. The summed E-state index contributed by atoms with van der Waals surface area (Å²) in [7, 11) is 1.35. The van der Waals surface area contributed by atoms with Crippen molar-refractivity contribution in [1.82, 2.24) is 15.3 Å². The Morgan fingerprint density at radius 2 is 1.94 bits per heavy atom. The largest absolute Gasteiger partial charge is 0.494 e. The van der Waals surface area contributed by atoms with E-state index in [0.717, 1.165) is 0 Å². The van der Waals surface area contributed by atoms with Crippen molar-refractivity contribution in [2.75, 3.05) is 13.7 Å². The first-order valence-corrected chi connectivity index (χ1v) is 11.8. The normalized spacial score (nSPS) is 10.8. The molecule has 0 unspecified atom stereocenters. The zero-order valence-electron chi connectivity index (χ0n) is 19.4. The summed E-state index contributed by atoms with van der Waals surface area (Å²) in [5.74, 6) is -1.05. The number of amides is 1. The van der Waals surface area contributed by atoms with Gasteiger partial charge < -0.3 is 24.5 Å². The maximum atomic E-state index is 13.6. The molecule has 0 aliphatic rings. The number of aromatic nitrogens is 2. The molecule has 0 aliphatic carbocycles. The number of nitrogens with one attached hydrogen (secondary N) is 2. The summed E-state index contributed by atoms with van der Waals surface area (Å²) in [5, 5.41) is 4.73. The van der Waals surface area contributed by atoms with Gasteiger partial charge in [0, 0.05) is 17.5 Å². The molecule has 4 rings (SSSR count). The second kappa shape index (κ2) is 11.0. The van der Waals surface area contributed by atoms with Gasteiger partial charge in [-0.3, -0.25) is 9.59 Å². The number of esters is 1. The summed E-state index contributed by atoms with van der Waals surface area (Å²) in [4.78, 5) is 44.2. The Morgan fingerprint density at radius 3 is 2.67 bits per heavy atom. The molecule has 2 aromatic heterocycles. The topological polar surface area (TPSA) is 120 Å². The number of hydrogen-bond acceptors (Lipinski definition) is 8. The number of halogens is 1. The molecule has 4 aromatic rings. The Balaban J connectivity index is 1.43. The second-order valence-corrected chi connectivity index (χ2v) is 8.40. The van der Waals surface area contributed by atoms with E-state index in [9.17, 15) is 18.8 Å². The van der Waals surface area contributed by atoms with E-state index in [2.05, 4.69) is 15.3 Å². The van der Waals surface area contributed by atoms with Gasteiger partial charge in [0.25, 0.3) is 11.5 Å². The van der Waals surface area contributed by atoms with Crippen molar-refractivity contribution in [1.29, 1.82) is 0 Å². The van der Waals surface area contributed by atoms with E-state index in [1.807, 2.05) is 0 Å². The van der Waals surface area contributed by atoms with Gasteiger partial charge in [-0.25, -0.2) is 14.2 Å². The fourth-order valence-corrected chi connectivity index (χ4v) is 4.29. The third-order valence-electron chi connectivity index (χ3n) is 5.16. The third-order valence-corrected chi connectivity index (χ3v) is 6.08. The highest BCUT2D eigenvalue weighted by atomic mass is 32.1. The van der Waals surface area contributed by atoms with E-state index in [1.54, 1.807) is 36.6 Å². The second-order valence-electron chi connectivity index (χ2n) is 7.54. The molecule has 2 heterocycles. The number of nitrogens with zero attached hydrogens (tertiary/aromatic N) is 1. The Hall–Kier alpha value is -4.25. The first kappa shape index (κ1) is 24.9. The standard InChI is InChI=1S/C25H22FN3O6S/c1-3-34-25(32)15-5-7-17(8-6-15)35-12-16-13-36-24-20(16)22(30)28-21(29-24)23(31)27-11-14-4-9-18(26)19(10-14)33-2/h4-10,13H,3,11-12H2,1-2H3,(H,27,31)(H,28,29,30). The van der Waals surface area contributed by atoms with E-state index >= 15 is 0 Å². The number of ether oxygens (including phenoxy) is 3. The Morgan fingerprint density at radius 1 is 1.17 bits per heavy atom. The molecule has 36 heavy (non-hydrogen) atoms. The van der Waals surface area contributed by atoms with Gasteiger partial charge in [0.1, 0.15) is 17.2 Å². The molecule has 11 heteroatoms. The van der Waals surface area contributed by atoms with Crippen molar-refractivity contribution in [3.05, 3.63) is 86.5 Å². The monoisotopic (exact) mass is 511 g/mol. The lowest BCUT2D eigenvalue weighted by Gasteiger charge is -2.08. The number of rotatable bonds is 9. The van der Waals surface area contributed by atoms with Crippen LogP contribution >= 0.6 is 11.3 Å². The van der Waals surface area contributed by atoms with Gasteiger partial charge in [-0.2, -0.15) is 0 Å². The predicted molar refractivity (Wildman–Crippen MR) is 131 cm³/mol. The maximum Gasteiger partial charge on any atom is 0.338 e. The van der Waals surface area contributed by atoms with E-state index in [1.165, 1.54) is 36.6 Å². The maximum absolute atomic E-state index is 13.6. The van der Waals surface area contributed by atoms with Crippen molar-refractivity contribution in [3.8, 4) is 11.5 Å². The summed E-state index contributed by atoms with van der Waals surface area (Å²) in [5.41, 5.74) is 1.18. The highest BCUT2D eigenvalue weighted by Gasteiger charge is 2.16. The van der Waals surface area contributed by atoms with Gasteiger partial charge in [-0.05, 0) is 48.9 Å². The lowest BCUT2D eigenvalue weighted by molar-refractivity contribution is 0.0526. The smallest absolute Gasteiger partial charge is 0.338 e. The van der Waals surface area contributed by atoms with Gasteiger partial charge in [0.15, 0.2) is 11.6 Å². The van der Waals surface area contributed by atoms with Crippen molar-refractivity contribution >= 4 is 33.4 Å². The molecule has 2 aromatic carbocycles. The number of carbonyl (C=O) groups excluding carboxylic acids is 2. The molecule has 0 radical (unpaired) electrons. The molecule has 0 saturated carbocycles. The van der Waals surface area contributed by atoms with Crippen LogP contribution in [0.3, 0.4) is 0 Å². The van der Waals surface area contributed by atoms with Crippen molar-refractivity contribution in [2.24, 2.45) is 0 Å². The van der Waals surface area contributed by atoms with Crippen LogP contribution in [0.1, 0.15) is 39.0 Å². The SMILES string of the molecule is CCOC(=O)c1ccc(OCc2csc3nc(C(=O)NCc4ccc(F)c(OC)c4)[nH]c(=O)c23)cc1. The number of benzene rings is 2. The number of aromatic amines is 1. The zero-order chi connectivity index (χ0) is 25.7. The van der Waals surface area contributed by atoms with Crippen LogP contribution < -0.4 is 20.3 Å². The van der Waals surface area contributed by atoms with E-state index in [0.29, 0.717) is 32.7 Å². The summed E-state index contributed by atoms with van der Waals surface area (Å²) < 4.78 is 29.2. The average molecular weight is 512 g/mol. The predicted octanol–water partition coefficient (Wildman–Crippen LogP) is 3.82. The van der Waals surface area contributed by atoms with Crippen LogP contribution in [-0.2, 0) is 17.9 Å². The summed E-state index contributed by atoms with van der Waals surface area (Å²) in [6.07, 6.45) is 0. The summed E-state index contributed by atoms with van der Waals surface area (Å²) >= 11 is 1.22. The van der Waals surface area contributed by atoms with Gasteiger partial charge in [0.05, 0.1) is 24.7 Å². The third kappa shape index (κ3) is 5.52. The number of hydrogen-bond donors (Lipinski definition) is 2.